The number of aromatic nitrogens is 1. The molecule has 1 heterocycles. The zero-order valence-corrected chi connectivity index (χ0v) is 11.0. The lowest BCUT2D eigenvalue weighted by Crippen LogP contribution is -2.31. The number of carboxylic acid groups (broad SMARTS) is 1. The zero-order valence-electron chi connectivity index (χ0n) is 11.0. The highest BCUT2D eigenvalue weighted by Gasteiger charge is 2.33. The molecule has 1 aliphatic carbocycles. The highest BCUT2D eigenvalue weighted by Crippen LogP contribution is 2.33. The summed E-state index contributed by atoms with van der Waals surface area (Å²) >= 11 is 0. The van der Waals surface area contributed by atoms with Crippen molar-refractivity contribution in [3.8, 4) is 0 Å². The van der Waals surface area contributed by atoms with Crippen LogP contribution in [0.1, 0.15) is 23.2 Å². The average Bonchev–Trinajstić information content (AvgIpc) is 3.23. The van der Waals surface area contributed by atoms with Gasteiger partial charge >= 0.3 is 5.97 Å². The predicted molar refractivity (Wildman–Crippen MR) is 70.1 cm³/mol. The lowest BCUT2D eigenvalue weighted by atomic mass is 10.2. The number of carboxylic acids is 1. The molecule has 1 fully saturated rings. The van der Waals surface area contributed by atoms with Gasteiger partial charge in [0.2, 0.25) is 0 Å². The van der Waals surface area contributed by atoms with Crippen LogP contribution in [-0.4, -0.2) is 47.3 Å². The fraction of sp³-hybridized carbons (Fsp3) is 0.500. The Morgan fingerprint density at radius 3 is 2.85 bits per heavy atom. The lowest BCUT2D eigenvalue weighted by Gasteiger charge is -2.24. The van der Waals surface area contributed by atoms with Crippen molar-refractivity contribution in [3.63, 3.8) is 0 Å². The van der Waals surface area contributed by atoms with Crippen LogP contribution < -0.4 is 4.90 Å². The van der Waals surface area contributed by atoms with Gasteiger partial charge in [-0.2, -0.15) is 0 Å². The molecule has 1 aliphatic rings. The number of rotatable bonds is 7. The summed E-state index contributed by atoms with van der Waals surface area (Å²) in [6.45, 7) is 0.945. The number of aromatic carboxylic acids is 1. The molecule has 8 nitrogen and oxygen atoms in total. The zero-order chi connectivity index (χ0) is 14.7. The summed E-state index contributed by atoms with van der Waals surface area (Å²) in [4.78, 5) is 27.2. The average molecular weight is 281 g/mol. The van der Waals surface area contributed by atoms with Crippen molar-refractivity contribution >= 4 is 17.5 Å². The van der Waals surface area contributed by atoms with Crippen LogP contribution >= 0.6 is 0 Å². The van der Waals surface area contributed by atoms with Gasteiger partial charge in [-0.1, -0.05) is 0 Å². The molecule has 1 saturated carbocycles. The second-order valence-electron chi connectivity index (χ2n) is 4.54. The molecule has 0 radical (unpaired) electrons. The maximum Gasteiger partial charge on any atom is 0.339 e. The summed E-state index contributed by atoms with van der Waals surface area (Å²) < 4.78 is 5.01. The fourth-order valence-corrected chi connectivity index (χ4v) is 1.97. The Bertz CT molecular complexity index is 530. The first kappa shape index (κ1) is 14.2. The molecular formula is C12H15N3O5. The van der Waals surface area contributed by atoms with Crippen LogP contribution in [-0.2, 0) is 4.74 Å². The third-order valence-corrected chi connectivity index (χ3v) is 3.09. The van der Waals surface area contributed by atoms with E-state index in [4.69, 9.17) is 4.74 Å². The van der Waals surface area contributed by atoms with Gasteiger partial charge in [0.15, 0.2) is 0 Å². The number of nitro groups is 1. The van der Waals surface area contributed by atoms with Crippen molar-refractivity contribution in [1.82, 2.24) is 4.98 Å². The van der Waals surface area contributed by atoms with Gasteiger partial charge in [-0.15, -0.1) is 0 Å². The fourth-order valence-electron chi connectivity index (χ4n) is 1.97. The van der Waals surface area contributed by atoms with Crippen LogP contribution in [0.3, 0.4) is 0 Å². The van der Waals surface area contributed by atoms with Gasteiger partial charge in [-0.3, -0.25) is 10.1 Å². The van der Waals surface area contributed by atoms with Gasteiger partial charge in [-0.25, -0.2) is 9.78 Å². The molecule has 0 unspecified atom stereocenters. The predicted octanol–water partition coefficient (Wildman–Crippen LogP) is 1.30. The summed E-state index contributed by atoms with van der Waals surface area (Å²) in [5.74, 6) is -0.957. The smallest absolute Gasteiger partial charge is 0.339 e. The summed E-state index contributed by atoms with van der Waals surface area (Å²) in [6, 6.07) is 1.28. The van der Waals surface area contributed by atoms with Crippen LogP contribution in [0.2, 0.25) is 0 Å². The van der Waals surface area contributed by atoms with Gasteiger partial charge in [0, 0.05) is 25.8 Å². The Kier molecular flexibility index (Phi) is 4.14. The van der Waals surface area contributed by atoms with Gasteiger partial charge in [0.25, 0.3) is 5.69 Å². The van der Waals surface area contributed by atoms with Crippen LogP contribution in [0.5, 0.6) is 0 Å². The normalized spacial score (nSPS) is 14.1. The molecule has 1 N–H and O–H groups in total. The maximum atomic E-state index is 11.3. The third kappa shape index (κ3) is 3.02. The van der Waals surface area contributed by atoms with Crippen LogP contribution in [0.25, 0.3) is 0 Å². The van der Waals surface area contributed by atoms with E-state index in [2.05, 4.69) is 4.98 Å². The number of nitrogens with zero attached hydrogens (tertiary/aromatic N) is 3. The third-order valence-electron chi connectivity index (χ3n) is 3.09. The van der Waals surface area contributed by atoms with Crippen LogP contribution in [0.4, 0.5) is 11.5 Å². The quantitative estimate of drug-likeness (QED) is 0.593. The summed E-state index contributed by atoms with van der Waals surface area (Å²) in [6.07, 6.45) is 3.01. The molecule has 0 aromatic carbocycles. The summed E-state index contributed by atoms with van der Waals surface area (Å²) in [5, 5.41) is 19.9. The topological polar surface area (TPSA) is 106 Å². The molecule has 0 saturated heterocycles. The Morgan fingerprint density at radius 1 is 1.65 bits per heavy atom. The maximum absolute atomic E-state index is 11.3. The van der Waals surface area contributed by atoms with Gasteiger partial charge in [0.05, 0.1) is 11.5 Å². The van der Waals surface area contributed by atoms with Crippen molar-refractivity contribution in [2.24, 2.45) is 0 Å². The minimum atomic E-state index is -1.22. The van der Waals surface area contributed by atoms with E-state index in [1.807, 2.05) is 4.90 Å². The largest absolute Gasteiger partial charge is 0.478 e. The van der Waals surface area contributed by atoms with Gasteiger partial charge in [0.1, 0.15) is 17.6 Å². The molecule has 0 amide bonds. The second kappa shape index (κ2) is 5.83. The first-order valence-corrected chi connectivity index (χ1v) is 6.18. The summed E-state index contributed by atoms with van der Waals surface area (Å²) in [7, 11) is 1.56. The Balaban J connectivity index is 2.37. The van der Waals surface area contributed by atoms with E-state index >= 15 is 0 Å². The molecule has 108 valence electrons. The van der Waals surface area contributed by atoms with Crippen LogP contribution in [0, 0.1) is 10.1 Å². The van der Waals surface area contributed by atoms with Crippen molar-refractivity contribution in [2.75, 3.05) is 25.2 Å². The minimum Gasteiger partial charge on any atom is -0.478 e. The van der Waals surface area contributed by atoms with Crippen LogP contribution in [0.15, 0.2) is 12.3 Å². The number of methoxy groups -OCH3 is 1. The first-order chi connectivity index (χ1) is 9.54. The van der Waals surface area contributed by atoms with Crippen molar-refractivity contribution in [2.45, 2.75) is 18.9 Å². The molecule has 2 rings (SSSR count). The van der Waals surface area contributed by atoms with E-state index in [0.717, 1.165) is 25.1 Å². The van der Waals surface area contributed by atoms with Gasteiger partial charge in [-0.05, 0) is 12.8 Å². The molecule has 0 bridgehead atoms. The molecule has 0 spiro atoms. The second-order valence-corrected chi connectivity index (χ2v) is 4.54. The molecule has 8 heteroatoms. The van der Waals surface area contributed by atoms with Crippen molar-refractivity contribution < 1.29 is 19.6 Å². The molecule has 1 aromatic rings. The Morgan fingerprint density at radius 2 is 2.35 bits per heavy atom. The number of hydrogen-bond acceptors (Lipinski definition) is 6. The minimum absolute atomic E-state index is 0.151. The van der Waals surface area contributed by atoms with E-state index in [0.29, 0.717) is 13.2 Å². The number of ether oxygens (including phenoxy) is 1. The number of pyridine rings is 1. The van der Waals surface area contributed by atoms with E-state index in [1.165, 1.54) is 0 Å². The Hall–Kier alpha value is -2.22. The lowest BCUT2D eigenvalue weighted by molar-refractivity contribution is -0.385. The van der Waals surface area contributed by atoms with E-state index in [1.54, 1.807) is 7.11 Å². The van der Waals surface area contributed by atoms with Gasteiger partial charge < -0.3 is 14.7 Å². The van der Waals surface area contributed by atoms with Crippen molar-refractivity contribution in [3.05, 3.63) is 27.9 Å². The molecule has 0 atom stereocenters. The molecule has 1 aromatic heterocycles. The van der Waals surface area contributed by atoms with E-state index in [-0.39, 0.29) is 23.1 Å². The van der Waals surface area contributed by atoms with Crippen molar-refractivity contribution in [1.29, 1.82) is 0 Å². The Labute approximate surface area is 115 Å². The van der Waals surface area contributed by atoms with E-state index < -0.39 is 10.9 Å². The summed E-state index contributed by atoms with van der Waals surface area (Å²) in [5.41, 5.74) is -0.476. The molecule has 20 heavy (non-hydrogen) atoms. The van der Waals surface area contributed by atoms with E-state index in [9.17, 15) is 20.0 Å². The number of hydrogen-bond donors (Lipinski definition) is 1. The highest BCUT2D eigenvalue weighted by atomic mass is 16.6. The highest BCUT2D eigenvalue weighted by molar-refractivity contribution is 5.94. The monoisotopic (exact) mass is 281 g/mol. The molecular weight excluding hydrogens is 266 g/mol. The standard InChI is InChI=1S/C12H15N3O5/c1-20-5-4-14(8-2-3-8)11-10(12(16)17)6-9(7-13-11)15(18)19/h6-8H,2-5H2,1H3,(H,16,17). The number of anilines is 1. The first-order valence-electron chi connectivity index (χ1n) is 6.18. The number of carbonyl (C=O) groups is 1. The SMILES string of the molecule is COCCN(c1ncc([N+](=O)[O-])cc1C(=O)O)C1CC1. The molecule has 0 aliphatic heterocycles.